The highest BCUT2D eigenvalue weighted by atomic mass is 16.6. The first kappa shape index (κ1) is 12.8. The Bertz CT molecular complexity index is 285. The van der Waals surface area contributed by atoms with E-state index in [9.17, 15) is 4.79 Å². The molecule has 16 heavy (non-hydrogen) atoms. The second kappa shape index (κ2) is 6.34. The van der Waals surface area contributed by atoms with Crippen LogP contribution in [0.2, 0.25) is 0 Å². The molecule has 0 heterocycles. The number of hydrogen-bond acceptors (Lipinski definition) is 2. The van der Waals surface area contributed by atoms with Crippen molar-refractivity contribution in [2.24, 2.45) is 5.41 Å². The fraction of sp³-hybridized carbons (Fsp3) is 0.615. The van der Waals surface area contributed by atoms with Crippen molar-refractivity contribution < 1.29 is 9.63 Å². The van der Waals surface area contributed by atoms with Crippen molar-refractivity contribution in [2.45, 2.75) is 38.5 Å². The van der Waals surface area contributed by atoms with Gasteiger partial charge in [0.05, 0.1) is 12.0 Å². The molecule has 1 fully saturated rings. The zero-order valence-electron chi connectivity index (χ0n) is 9.63. The molecule has 1 amide bonds. The molecule has 1 saturated carbocycles. The van der Waals surface area contributed by atoms with E-state index >= 15 is 0 Å². The Balaban J connectivity index is 2.57. The summed E-state index contributed by atoms with van der Waals surface area (Å²) < 4.78 is 0. The summed E-state index contributed by atoms with van der Waals surface area (Å²) in [6, 6.07) is 0. The van der Waals surface area contributed by atoms with E-state index in [1.54, 1.807) is 6.08 Å². The summed E-state index contributed by atoms with van der Waals surface area (Å²) in [5.74, 6) is 2.54. The van der Waals surface area contributed by atoms with Gasteiger partial charge in [0.25, 0.3) is 5.91 Å². The van der Waals surface area contributed by atoms with E-state index in [1.807, 2.05) is 0 Å². The number of hydroxylamine groups is 1. The Morgan fingerprint density at radius 2 is 2.19 bits per heavy atom. The van der Waals surface area contributed by atoms with Crippen molar-refractivity contribution in [2.75, 3.05) is 6.61 Å². The van der Waals surface area contributed by atoms with Crippen LogP contribution in [0.15, 0.2) is 12.7 Å². The van der Waals surface area contributed by atoms with Crippen LogP contribution in [0, 0.1) is 17.8 Å². The lowest BCUT2D eigenvalue weighted by Crippen LogP contribution is -2.42. The van der Waals surface area contributed by atoms with E-state index in [0.29, 0.717) is 13.0 Å². The lowest BCUT2D eigenvalue weighted by Gasteiger charge is -2.33. The third-order valence-electron chi connectivity index (χ3n) is 3.10. The van der Waals surface area contributed by atoms with Crippen molar-refractivity contribution >= 4 is 5.91 Å². The Hall–Kier alpha value is -1.27. The molecule has 1 aliphatic carbocycles. The lowest BCUT2D eigenvalue weighted by atomic mass is 9.71. The van der Waals surface area contributed by atoms with E-state index < -0.39 is 5.41 Å². The molecule has 0 aliphatic heterocycles. The molecule has 0 aromatic rings. The third kappa shape index (κ3) is 3.11. The number of nitrogens with one attached hydrogen (secondary N) is 1. The molecule has 1 N–H and O–H groups in total. The molecule has 0 bridgehead atoms. The number of carbonyl (C=O) groups is 1. The molecular weight excluding hydrogens is 202 g/mol. The van der Waals surface area contributed by atoms with Gasteiger partial charge in [-0.15, -0.1) is 18.9 Å². The van der Waals surface area contributed by atoms with Crippen molar-refractivity contribution in [3.8, 4) is 12.3 Å². The number of rotatable bonds is 5. The summed E-state index contributed by atoms with van der Waals surface area (Å²) in [6.07, 6.45) is 12.5. The van der Waals surface area contributed by atoms with Gasteiger partial charge in [0.15, 0.2) is 0 Å². The Morgan fingerprint density at radius 3 is 2.75 bits per heavy atom. The second-order valence-electron chi connectivity index (χ2n) is 4.25. The summed E-state index contributed by atoms with van der Waals surface area (Å²) in [4.78, 5) is 17.0. The molecule has 3 heteroatoms. The average molecular weight is 221 g/mol. The van der Waals surface area contributed by atoms with Gasteiger partial charge < -0.3 is 0 Å². The summed E-state index contributed by atoms with van der Waals surface area (Å²) >= 11 is 0. The maximum absolute atomic E-state index is 12.0. The van der Waals surface area contributed by atoms with Crippen LogP contribution >= 0.6 is 0 Å². The standard InChI is InChI=1S/C13H19NO2/c1-3-8-13(9-6-5-7-10-13)12(15)14-16-11-4-2/h1,4H,2,5-11H2,(H,14,15). The van der Waals surface area contributed by atoms with Gasteiger partial charge in [-0.25, -0.2) is 5.48 Å². The summed E-state index contributed by atoms with van der Waals surface area (Å²) in [6.45, 7) is 3.83. The molecule has 88 valence electrons. The summed E-state index contributed by atoms with van der Waals surface area (Å²) in [5, 5.41) is 0. The first-order chi connectivity index (χ1) is 7.75. The van der Waals surface area contributed by atoms with Gasteiger partial charge in [-0.1, -0.05) is 25.3 Å². The highest BCUT2D eigenvalue weighted by Gasteiger charge is 2.38. The minimum absolute atomic E-state index is 0.0769. The van der Waals surface area contributed by atoms with Gasteiger partial charge in [0.2, 0.25) is 0 Å². The van der Waals surface area contributed by atoms with Gasteiger partial charge in [-0.2, -0.15) is 0 Å². The number of hydrogen-bond donors (Lipinski definition) is 1. The number of carbonyl (C=O) groups excluding carboxylic acids is 1. The molecule has 0 saturated heterocycles. The fourth-order valence-corrected chi connectivity index (χ4v) is 2.18. The van der Waals surface area contributed by atoms with Crippen LogP contribution < -0.4 is 5.48 Å². The molecule has 0 unspecified atom stereocenters. The average Bonchev–Trinajstić information content (AvgIpc) is 2.31. The molecule has 0 spiro atoms. The fourth-order valence-electron chi connectivity index (χ4n) is 2.18. The maximum atomic E-state index is 12.0. The van der Waals surface area contributed by atoms with Crippen molar-refractivity contribution in [3.05, 3.63) is 12.7 Å². The number of terminal acetylenes is 1. The SMILES string of the molecule is C#CCC1(C(=O)NOCC=C)CCCCC1. The largest absolute Gasteiger partial charge is 0.272 e. The Labute approximate surface area is 97.2 Å². The van der Waals surface area contributed by atoms with Gasteiger partial charge >= 0.3 is 0 Å². The predicted octanol–water partition coefficient (Wildman–Crippen LogP) is 2.19. The molecule has 1 aliphatic rings. The first-order valence-electron chi connectivity index (χ1n) is 5.72. The quantitative estimate of drug-likeness (QED) is 0.334. The van der Waals surface area contributed by atoms with Crippen molar-refractivity contribution in [1.29, 1.82) is 0 Å². The third-order valence-corrected chi connectivity index (χ3v) is 3.10. The monoisotopic (exact) mass is 221 g/mol. The topological polar surface area (TPSA) is 38.3 Å². The zero-order valence-corrected chi connectivity index (χ0v) is 9.63. The van der Waals surface area contributed by atoms with Gasteiger partial charge in [-0.05, 0) is 12.8 Å². The first-order valence-corrected chi connectivity index (χ1v) is 5.72. The van der Waals surface area contributed by atoms with Crippen LogP contribution in [0.5, 0.6) is 0 Å². The molecule has 0 aromatic carbocycles. The molecule has 0 atom stereocenters. The van der Waals surface area contributed by atoms with Crippen LogP contribution in [0.4, 0.5) is 0 Å². The molecule has 0 radical (unpaired) electrons. The van der Waals surface area contributed by atoms with Gasteiger partial charge in [0, 0.05) is 6.42 Å². The number of amides is 1. The smallest absolute Gasteiger partial charge is 0.250 e. The molecule has 0 aromatic heterocycles. The summed E-state index contributed by atoms with van der Waals surface area (Å²) in [7, 11) is 0. The van der Waals surface area contributed by atoms with Crippen LogP contribution in [0.25, 0.3) is 0 Å². The van der Waals surface area contributed by atoms with E-state index in [4.69, 9.17) is 11.3 Å². The maximum Gasteiger partial charge on any atom is 0.250 e. The highest BCUT2D eigenvalue weighted by Crippen LogP contribution is 2.39. The lowest BCUT2D eigenvalue weighted by molar-refractivity contribution is -0.145. The van der Waals surface area contributed by atoms with E-state index in [2.05, 4.69) is 18.0 Å². The minimum atomic E-state index is -0.409. The molecule has 3 nitrogen and oxygen atoms in total. The van der Waals surface area contributed by atoms with E-state index in [0.717, 1.165) is 25.7 Å². The zero-order chi connectivity index (χ0) is 11.9. The van der Waals surface area contributed by atoms with Crippen LogP contribution in [0.3, 0.4) is 0 Å². The molecule has 1 rings (SSSR count). The molecular formula is C13H19NO2. The van der Waals surface area contributed by atoms with Gasteiger partial charge in [0.1, 0.15) is 0 Å². The Kier molecular flexibility index (Phi) is 5.07. The van der Waals surface area contributed by atoms with Gasteiger partial charge in [-0.3, -0.25) is 9.63 Å². The second-order valence-corrected chi connectivity index (χ2v) is 4.25. The van der Waals surface area contributed by atoms with Crippen LogP contribution in [0.1, 0.15) is 38.5 Å². The van der Waals surface area contributed by atoms with Crippen LogP contribution in [-0.4, -0.2) is 12.5 Å². The highest BCUT2D eigenvalue weighted by molar-refractivity contribution is 5.82. The van der Waals surface area contributed by atoms with Crippen molar-refractivity contribution in [3.63, 3.8) is 0 Å². The normalized spacial score (nSPS) is 18.4. The van der Waals surface area contributed by atoms with Crippen molar-refractivity contribution in [1.82, 2.24) is 5.48 Å². The van der Waals surface area contributed by atoms with Crippen LogP contribution in [-0.2, 0) is 9.63 Å². The van der Waals surface area contributed by atoms with E-state index in [1.165, 1.54) is 6.42 Å². The predicted molar refractivity (Wildman–Crippen MR) is 63.3 cm³/mol. The summed E-state index contributed by atoms with van der Waals surface area (Å²) in [5.41, 5.74) is 2.06. The Morgan fingerprint density at radius 1 is 1.50 bits per heavy atom. The minimum Gasteiger partial charge on any atom is -0.272 e. The van der Waals surface area contributed by atoms with E-state index in [-0.39, 0.29) is 5.91 Å².